The molecule has 0 aromatic rings. The largest absolute Gasteiger partial charge is 0.459 e. The quantitative estimate of drug-likeness (QED) is 0.0703. The molecule has 0 radical (unpaired) electrons. The van der Waals surface area contributed by atoms with Gasteiger partial charge in [-0.3, -0.25) is 14.4 Å². The lowest BCUT2D eigenvalue weighted by molar-refractivity contribution is -0.174. The fourth-order valence-electron chi connectivity index (χ4n) is 24.1. The molecular weight excluding hydrogens is 1070 g/mol. The molecule has 15 rings (SSSR count). The third-order valence-electron chi connectivity index (χ3n) is 27.5. The van der Waals surface area contributed by atoms with Gasteiger partial charge in [0.05, 0.1) is 17.8 Å². The zero-order valence-corrected chi connectivity index (χ0v) is 52.7. The first-order valence-corrected chi connectivity index (χ1v) is 35.0. The molecule has 0 spiro atoms. The van der Waals surface area contributed by atoms with Crippen LogP contribution < -0.4 is 0 Å². The van der Waals surface area contributed by atoms with Crippen LogP contribution in [0.1, 0.15) is 221 Å². The van der Waals surface area contributed by atoms with Crippen LogP contribution in [0, 0.1) is 124 Å². The van der Waals surface area contributed by atoms with Crippen molar-refractivity contribution in [2.24, 2.45) is 124 Å². The van der Waals surface area contributed by atoms with E-state index in [-0.39, 0.29) is 88.7 Å². The number of fused-ring (bicyclic) bond motifs is 27. The van der Waals surface area contributed by atoms with E-state index in [2.05, 4.69) is 40.5 Å². The van der Waals surface area contributed by atoms with Gasteiger partial charge in [-0.15, -0.1) is 0 Å². The average molecular weight is 1170 g/mol. The van der Waals surface area contributed by atoms with Crippen molar-refractivity contribution in [2.45, 2.75) is 256 Å². The maximum Gasteiger partial charge on any atom is 0.333 e. The molecule has 0 saturated heterocycles. The Bertz CT molecular complexity index is 2650. The van der Waals surface area contributed by atoms with Gasteiger partial charge in [0, 0.05) is 16.7 Å². The van der Waals surface area contributed by atoms with Crippen molar-refractivity contribution in [3.8, 4) is 0 Å². The highest BCUT2D eigenvalue weighted by atomic mass is 16.6. The zero-order chi connectivity index (χ0) is 59.6. The van der Waals surface area contributed by atoms with E-state index in [0.717, 1.165) is 108 Å². The number of rotatable bonds is 14. The molecule has 12 nitrogen and oxygen atoms in total. The van der Waals surface area contributed by atoms with Gasteiger partial charge < -0.3 is 28.4 Å². The molecule has 15 aliphatic carbocycles. The number of ether oxygens (including phenoxy) is 6. The van der Waals surface area contributed by atoms with Crippen molar-refractivity contribution < 1.29 is 57.2 Å². The van der Waals surface area contributed by atoms with Crippen LogP contribution in [0.5, 0.6) is 0 Å². The molecule has 12 bridgehead atoms. The third kappa shape index (κ3) is 10.6. The van der Waals surface area contributed by atoms with Crippen molar-refractivity contribution in [2.75, 3.05) is 0 Å². The predicted octanol–water partition coefficient (Wildman–Crippen LogP) is 14.4. The van der Waals surface area contributed by atoms with Crippen molar-refractivity contribution in [3.63, 3.8) is 0 Å². The lowest BCUT2D eigenvalue weighted by Gasteiger charge is -2.42. The van der Waals surface area contributed by atoms with Gasteiger partial charge in [-0.2, -0.15) is 0 Å². The Morgan fingerprint density at radius 3 is 0.929 bits per heavy atom. The van der Waals surface area contributed by atoms with Gasteiger partial charge >= 0.3 is 35.8 Å². The van der Waals surface area contributed by atoms with Crippen LogP contribution >= 0.6 is 0 Å². The monoisotopic (exact) mass is 1170 g/mol. The van der Waals surface area contributed by atoms with Crippen LogP contribution in [-0.2, 0) is 57.2 Å². The van der Waals surface area contributed by atoms with E-state index in [9.17, 15) is 28.8 Å². The molecule has 0 aromatic heterocycles. The van der Waals surface area contributed by atoms with Crippen molar-refractivity contribution in [1.29, 1.82) is 0 Å². The third-order valence-corrected chi connectivity index (χ3v) is 27.5. The fraction of sp³-hybridized carbons (Fsp3) is 0.836. The van der Waals surface area contributed by atoms with Gasteiger partial charge in [-0.25, -0.2) is 14.4 Å². The Morgan fingerprint density at radius 2 is 0.624 bits per heavy atom. The summed E-state index contributed by atoms with van der Waals surface area (Å²) in [6.07, 6.45) is 30.9. The van der Waals surface area contributed by atoms with Gasteiger partial charge in [0.1, 0.15) is 35.1 Å². The van der Waals surface area contributed by atoms with Crippen molar-refractivity contribution >= 4 is 35.8 Å². The maximum atomic E-state index is 13.3. The molecular formula is C73H104O12. The molecule has 0 aliphatic heterocycles. The summed E-state index contributed by atoms with van der Waals surface area (Å²) >= 11 is 0. The van der Waals surface area contributed by atoms with Crippen LogP contribution in [0.15, 0.2) is 36.5 Å². The Balaban J connectivity index is 0.000000119. The van der Waals surface area contributed by atoms with Crippen LogP contribution in [0.3, 0.4) is 0 Å². The first kappa shape index (κ1) is 60.0. The molecule has 0 aromatic carbocycles. The van der Waals surface area contributed by atoms with Crippen LogP contribution in [0.25, 0.3) is 0 Å². The lowest BCUT2D eigenvalue weighted by atomic mass is 9.66. The Morgan fingerprint density at radius 1 is 0.353 bits per heavy atom. The van der Waals surface area contributed by atoms with E-state index < -0.39 is 0 Å². The number of esters is 6. The molecule has 0 N–H and O–H groups in total. The summed E-state index contributed by atoms with van der Waals surface area (Å²) in [5.41, 5.74) is 0.808. The van der Waals surface area contributed by atoms with Gasteiger partial charge in [-0.05, 0) is 301 Å². The Hall–Kier alpha value is -3.96. The highest BCUT2D eigenvalue weighted by Gasteiger charge is 2.70. The summed E-state index contributed by atoms with van der Waals surface area (Å²) in [6, 6.07) is 0. The smallest absolute Gasteiger partial charge is 0.333 e. The SMILES string of the molecule is C=C(C)C(=O)OC1CC2CC1C1C3CC(CC3C(=O)OC3(C)CCCCC3)C21.C=C(C)C(=O)OC1CC2CC1C1C3CC(CC3C(=O)OC3(CC)CCCC3)C21.C=C(C)C(=O)OC1CC2CC1C1C3CC(CC3C(=O)OC3(CC)CCCCC3)C21. The summed E-state index contributed by atoms with van der Waals surface area (Å²) in [6.45, 7) is 22.8. The van der Waals surface area contributed by atoms with E-state index in [1.165, 1.54) is 89.9 Å². The van der Waals surface area contributed by atoms with Gasteiger partial charge in [0.25, 0.3) is 0 Å². The number of carbonyl (C=O) groups is 6. The van der Waals surface area contributed by atoms with Gasteiger partial charge in [-0.1, -0.05) is 46.4 Å². The number of hydrogen-bond donors (Lipinski definition) is 0. The average Bonchev–Trinajstić information content (AvgIpc) is 1.63. The fourth-order valence-corrected chi connectivity index (χ4v) is 24.1. The van der Waals surface area contributed by atoms with E-state index in [0.29, 0.717) is 105 Å². The number of hydrogen-bond acceptors (Lipinski definition) is 12. The van der Waals surface area contributed by atoms with Crippen LogP contribution in [0.4, 0.5) is 0 Å². The first-order valence-electron chi connectivity index (χ1n) is 35.0. The van der Waals surface area contributed by atoms with E-state index in [1.54, 1.807) is 20.8 Å². The Labute approximate surface area is 508 Å². The van der Waals surface area contributed by atoms with Crippen molar-refractivity contribution in [3.05, 3.63) is 36.5 Å². The van der Waals surface area contributed by atoms with Gasteiger partial charge in [0.2, 0.25) is 0 Å². The molecule has 0 amide bonds. The predicted molar refractivity (Wildman–Crippen MR) is 320 cm³/mol. The minimum Gasteiger partial charge on any atom is -0.459 e. The van der Waals surface area contributed by atoms with Crippen LogP contribution in [-0.4, -0.2) is 70.9 Å². The van der Waals surface area contributed by atoms with Gasteiger partial charge in [0.15, 0.2) is 0 Å². The summed E-state index contributed by atoms with van der Waals surface area (Å²) in [4.78, 5) is 75.8. The second kappa shape index (κ2) is 23.1. The summed E-state index contributed by atoms with van der Waals surface area (Å²) in [5.74, 6) is 10.3. The van der Waals surface area contributed by atoms with E-state index >= 15 is 0 Å². The van der Waals surface area contributed by atoms with Crippen LogP contribution in [0.2, 0.25) is 0 Å². The summed E-state index contributed by atoms with van der Waals surface area (Å²) < 4.78 is 36.0. The summed E-state index contributed by atoms with van der Waals surface area (Å²) in [5, 5.41) is 0. The number of carbonyl (C=O) groups excluding carboxylic acids is 6. The summed E-state index contributed by atoms with van der Waals surface area (Å²) in [7, 11) is 0. The topological polar surface area (TPSA) is 158 Å². The van der Waals surface area contributed by atoms with E-state index in [4.69, 9.17) is 28.4 Å². The second-order valence-electron chi connectivity index (χ2n) is 31.9. The molecule has 24 unspecified atom stereocenters. The maximum absolute atomic E-state index is 13.3. The zero-order valence-electron chi connectivity index (χ0n) is 52.7. The molecule has 12 heteroatoms. The molecule has 0 heterocycles. The molecule has 468 valence electrons. The molecule has 15 saturated carbocycles. The normalized spacial score (nSPS) is 44.4. The molecule has 15 aliphatic rings. The van der Waals surface area contributed by atoms with Crippen molar-refractivity contribution in [1.82, 2.24) is 0 Å². The molecule has 85 heavy (non-hydrogen) atoms. The first-order chi connectivity index (χ1) is 40.7. The molecule has 15 fully saturated rings. The van der Waals surface area contributed by atoms with E-state index in [1.807, 2.05) is 0 Å². The minimum absolute atomic E-state index is 0.0294. The Kier molecular flexibility index (Phi) is 16.3. The highest BCUT2D eigenvalue weighted by Crippen LogP contribution is 2.72. The lowest BCUT2D eigenvalue weighted by Crippen LogP contribution is -2.44. The highest BCUT2D eigenvalue weighted by molar-refractivity contribution is 5.88. The minimum atomic E-state index is -0.251. The molecule has 24 atom stereocenters. The second-order valence-corrected chi connectivity index (χ2v) is 31.9. The standard InChI is InChI=1S/C25H36O4.2C24H34O4/c1-4-25(8-6-5-7-9-25)29-24(27)18-11-15-10-17(18)22-19-12-16(21(15)22)13-20(19)28-23(26)14(2)3;1-13(2)22(25)27-19-12-15-11-18(19)21-16-9-14(20(15)21)10-17(16)23(26)28-24(3)7-5-4-6-8-24;1-4-24(7-5-6-8-24)28-23(26)17-10-14-9-16(17)21-18-11-15(20(14)21)12-19(18)27-22(25)13(2)3/h15-22H,2,4-13H2,1,3H3;14-21H,1,4-12H2,2-3H3;14-21H,2,4-12H2,1,3H3.